The number of aryl methyl sites for hydroxylation is 1. The van der Waals surface area contributed by atoms with E-state index in [-0.39, 0.29) is 23.8 Å². The summed E-state index contributed by atoms with van der Waals surface area (Å²) < 4.78 is 32.2. The number of carbonyl (C=O) groups is 2. The van der Waals surface area contributed by atoms with Gasteiger partial charge < -0.3 is 15.2 Å². The van der Waals surface area contributed by atoms with E-state index < -0.39 is 34.0 Å². The number of amides is 1. The fraction of sp³-hybridized carbons (Fsp3) is 0.529. The summed E-state index contributed by atoms with van der Waals surface area (Å²) >= 11 is 0. The Morgan fingerprint density at radius 1 is 1.19 bits per heavy atom. The number of rotatable bonds is 10. The maximum atomic E-state index is 12.5. The smallest absolute Gasteiger partial charge is 0.334 e. The van der Waals surface area contributed by atoms with Gasteiger partial charge in [-0.15, -0.1) is 0 Å². The van der Waals surface area contributed by atoms with Crippen LogP contribution in [-0.4, -0.2) is 51.2 Å². The van der Waals surface area contributed by atoms with Crippen molar-refractivity contribution in [3.05, 3.63) is 29.8 Å². The van der Waals surface area contributed by atoms with Gasteiger partial charge in [-0.2, -0.15) is 4.72 Å². The molecular weight excluding hydrogens is 360 g/mol. The zero-order valence-corrected chi connectivity index (χ0v) is 16.2. The minimum absolute atomic E-state index is 0.0455. The first-order valence-electron chi connectivity index (χ1n) is 8.19. The van der Waals surface area contributed by atoms with Crippen molar-refractivity contribution in [3.8, 4) is 0 Å². The van der Waals surface area contributed by atoms with Gasteiger partial charge in [-0.1, -0.05) is 31.5 Å². The van der Waals surface area contributed by atoms with Crippen molar-refractivity contribution in [1.29, 1.82) is 0 Å². The molecule has 1 aromatic carbocycles. The van der Waals surface area contributed by atoms with E-state index in [0.717, 1.165) is 5.56 Å². The molecule has 0 radical (unpaired) electrons. The van der Waals surface area contributed by atoms with Gasteiger partial charge in [0.15, 0.2) is 6.10 Å². The number of hydrogen-bond donors (Lipinski definition) is 3. The van der Waals surface area contributed by atoms with Crippen molar-refractivity contribution in [3.63, 3.8) is 0 Å². The Bertz CT molecular complexity index is 715. The van der Waals surface area contributed by atoms with E-state index in [4.69, 9.17) is 9.84 Å². The van der Waals surface area contributed by atoms with Crippen molar-refractivity contribution < 1.29 is 27.9 Å². The van der Waals surface area contributed by atoms with E-state index >= 15 is 0 Å². The molecule has 0 aliphatic rings. The number of carbonyl (C=O) groups excluding carboxylic acids is 1. The summed E-state index contributed by atoms with van der Waals surface area (Å²) in [6, 6.07) is 5.25. The quantitative estimate of drug-likeness (QED) is 0.549. The van der Waals surface area contributed by atoms with Crippen LogP contribution in [-0.2, 0) is 24.3 Å². The van der Waals surface area contributed by atoms with Gasteiger partial charge in [0, 0.05) is 7.11 Å². The van der Waals surface area contributed by atoms with Crippen LogP contribution >= 0.6 is 0 Å². The van der Waals surface area contributed by atoms with Crippen molar-refractivity contribution in [2.75, 3.05) is 13.7 Å². The second-order valence-corrected chi connectivity index (χ2v) is 8.14. The number of ether oxygens (including phenoxy) is 1. The molecule has 2 atom stereocenters. The van der Waals surface area contributed by atoms with Gasteiger partial charge in [0.1, 0.15) is 6.04 Å². The van der Waals surface area contributed by atoms with Gasteiger partial charge in [0.2, 0.25) is 15.9 Å². The minimum atomic E-state index is -3.89. The van der Waals surface area contributed by atoms with E-state index in [1.807, 2.05) is 20.8 Å². The number of sulfonamides is 1. The van der Waals surface area contributed by atoms with E-state index in [0.29, 0.717) is 0 Å². The van der Waals surface area contributed by atoms with E-state index in [1.54, 1.807) is 12.1 Å². The lowest BCUT2D eigenvalue weighted by Gasteiger charge is -2.21. The molecule has 146 valence electrons. The molecule has 1 aromatic rings. The molecule has 0 aromatic heterocycles. The first-order valence-corrected chi connectivity index (χ1v) is 9.67. The van der Waals surface area contributed by atoms with Gasteiger partial charge in [-0.3, -0.25) is 4.79 Å². The second kappa shape index (κ2) is 9.65. The Balaban J connectivity index is 2.90. The standard InChI is InChI=1S/C17H26N2O6S/c1-11(2)9-14(16(20)18-10-15(25-4)17(21)22)19-26(23,24)13-7-5-12(3)6-8-13/h5-8,11,14-15,19H,9-10H2,1-4H3,(H,18,20)(H,21,22). The van der Waals surface area contributed by atoms with Crippen LogP contribution in [0.15, 0.2) is 29.2 Å². The zero-order valence-electron chi connectivity index (χ0n) is 15.4. The summed E-state index contributed by atoms with van der Waals surface area (Å²) in [6.07, 6.45) is -0.936. The molecule has 1 amide bonds. The van der Waals surface area contributed by atoms with Crippen LogP contribution in [0.2, 0.25) is 0 Å². The Kier molecular flexibility index (Phi) is 8.19. The molecule has 0 saturated carbocycles. The zero-order chi connectivity index (χ0) is 19.9. The molecule has 26 heavy (non-hydrogen) atoms. The Morgan fingerprint density at radius 2 is 1.77 bits per heavy atom. The van der Waals surface area contributed by atoms with Gasteiger partial charge >= 0.3 is 5.97 Å². The molecule has 8 nitrogen and oxygen atoms in total. The first-order chi connectivity index (χ1) is 12.1. The van der Waals surface area contributed by atoms with E-state index in [2.05, 4.69) is 10.0 Å². The Labute approximate surface area is 154 Å². The normalized spacial score (nSPS) is 14.0. The molecule has 0 spiro atoms. The summed E-state index contributed by atoms with van der Waals surface area (Å²) in [6.45, 7) is 5.30. The van der Waals surface area contributed by atoms with Crippen molar-refractivity contribution in [2.24, 2.45) is 5.92 Å². The summed E-state index contributed by atoms with van der Waals surface area (Å²) in [5.74, 6) is -1.77. The third-order valence-corrected chi connectivity index (χ3v) is 5.16. The SMILES string of the molecule is COC(CNC(=O)C(CC(C)C)NS(=O)(=O)c1ccc(C)cc1)C(=O)O. The second-order valence-electron chi connectivity index (χ2n) is 6.42. The largest absolute Gasteiger partial charge is 0.479 e. The molecule has 0 aliphatic carbocycles. The lowest BCUT2D eigenvalue weighted by Crippen LogP contribution is -2.49. The van der Waals surface area contributed by atoms with Crippen LogP contribution in [0.5, 0.6) is 0 Å². The number of carboxylic acid groups (broad SMARTS) is 1. The van der Waals surface area contributed by atoms with E-state index in [1.165, 1.54) is 19.2 Å². The maximum Gasteiger partial charge on any atom is 0.334 e. The predicted molar refractivity (Wildman–Crippen MR) is 96.2 cm³/mol. The number of nitrogens with one attached hydrogen (secondary N) is 2. The summed E-state index contributed by atoms with van der Waals surface area (Å²) in [5, 5.41) is 11.4. The van der Waals surface area contributed by atoms with Gasteiger partial charge in [-0.25, -0.2) is 13.2 Å². The molecule has 3 N–H and O–H groups in total. The number of benzene rings is 1. The van der Waals surface area contributed by atoms with Crippen molar-refractivity contribution in [1.82, 2.24) is 10.0 Å². The Morgan fingerprint density at radius 3 is 2.23 bits per heavy atom. The van der Waals surface area contributed by atoms with Crippen LogP contribution in [0.1, 0.15) is 25.8 Å². The lowest BCUT2D eigenvalue weighted by atomic mass is 10.0. The highest BCUT2D eigenvalue weighted by Gasteiger charge is 2.27. The van der Waals surface area contributed by atoms with Crippen LogP contribution in [0, 0.1) is 12.8 Å². The minimum Gasteiger partial charge on any atom is -0.479 e. The van der Waals surface area contributed by atoms with Gasteiger partial charge in [0.05, 0.1) is 11.4 Å². The van der Waals surface area contributed by atoms with Gasteiger partial charge in [-0.05, 0) is 31.4 Å². The molecule has 2 unspecified atom stereocenters. The highest BCUT2D eigenvalue weighted by Crippen LogP contribution is 2.13. The molecule has 0 aliphatic heterocycles. The molecule has 0 fully saturated rings. The molecular formula is C17H26N2O6S. The highest BCUT2D eigenvalue weighted by molar-refractivity contribution is 7.89. The number of carboxylic acids is 1. The lowest BCUT2D eigenvalue weighted by molar-refractivity contribution is -0.148. The van der Waals surface area contributed by atoms with Crippen LogP contribution in [0.25, 0.3) is 0 Å². The summed E-state index contributed by atoms with van der Waals surface area (Å²) in [5.41, 5.74) is 0.916. The summed E-state index contributed by atoms with van der Waals surface area (Å²) in [7, 11) is -2.67. The van der Waals surface area contributed by atoms with Gasteiger partial charge in [0.25, 0.3) is 0 Å². The third kappa shape index (κ3) is 6.74. The average molecular weight is 386 g/mol. The summed E-state index contributed by atoms with van der Waals surface area (Å²) in [4.78, 5) is 23.4. The van der Waals surface area contributed by atoms with Crippen LogP contribution in [0.4, 0.5) is 0 Å². The highest BCUT2D eigenvalue weighted by atomic mass is 32.2. The number of hydrogen-bond acceptors (Lipinski definition) is 5. The fourth-order valence-electron chi connectivity index (χ4n) is 2.24. The van der Waals surface area contributed by atoms with Crippen molar-refractivity contribution >= 4 is 21.9 Å². The maximum absolute atomic E-state index is 12.5. The molecule has 1 rings (SSSR count). The van der Waals surface area contributed by atoms with Crippen LogP contribution in [0.3, 0.4) is 0 Å². The fourth-order valence-corrected chi connectivity index (χ4v) is 3.45. The average Bonchev–Trinajstić information content (AvgIpc) is 2.54. The first kappa shape index (κ1) is 22.1. The number of aliphatic carboxylic acids is 1. The monoisotopic (exact) mass is 386 g/mol. The molecule has 0 bridgehead atoms. The number of methoxy groups -OCH3 is 1. The molecule has 0 heterocycles. The molecule has 9 heteroatoms. The van der Waals surface area contributed by atoms with E-state index in [9.17, 15) is 18.0 Å². The topological polar surface area (TPSA) is 122 Å². The predicted octanol–water partition coefficient (Wildman–Crippen LogP) is 0.904. The molecule has 0 saturated heterocycles. The Hall–Kier alpha value is -1.97. The third-order valence-electron chi connectivity index (χ3n) is 3.67. The van der Waals surface area contributed by atoms with Crippen LogP contribution < -0.4 is 10.0 Å². The van der Waals surface area contributed by atoms with Crippen molar-refractivity contribution in [2.45, 2.75) is 44.2 Å².